The van der Waals surface area contributed by atoms with Gasteiger partial charge in [0, 0.05) is 12.1 Å². The third-order valence-corrected chi connectivity index (χ3v) is 3.13. The highest BCUT2D eigenvalue weighted by atomic mass is 16.4. The minimum absolute atomic E-state index is 0.406. The quantitative estimate of drug-likeness (QED) is 0.791. The van der Waals surface area contributed by atoms with Gasteiger partial charge in [-0.05, 0) is 18.6 Å². The van der Waals surface area contributed by atoms with Crippen molar-refractivity contribution in [3.63, 3.8) is 0 Å². The number of nitrogens with two attached hydrogens (primary N) is 1. The molecule has 2 rings (SSSR count). The number of carboxylic acid groups (broad SMARTS) is 1. The van der Waals surface area contributed by atoms with Gasteiger partial charge in [0.25, 0.3) is 0 Å². The van der Waals surface area contributed by atoms with Crippen molar-refractivity contribution in [2.75, 3.05) is 4.90 Å². The van der Waals surface area contributed by atoms with E-state index in [-0.39, 0.29) is 0 Å². The summed E-state index contributed by atoms with van der Waals surface area (Å²) in [5.41, 5.74) is 6.98. The second kappa shape index (κ2) is 4.08. The molecule has 3 N–H and O–H groups in total. The van der Waals surface area contributed by atoms with Crippen LogP contribution in [0.15, 0.2) is 24.3 Å². The van der Waals surface area contributed by atoms with Gasteiger partial charge >= 0.3 is 5.97 Å². The first-order valence-corrected chi connectivity index (χ1v) is 5.40. The molecule has 1 aromatic carbocycles. The van der Waals surface area contributed by atoms with Crippen LogP contribution in [0.3, 0.4) is 0 Å². The number of primary amides is 1. The highest BCUT2D eigenvalue weighted by molar-refractivity contribution is 5.89. The molecule has 17 heavy (non-hydrogen) atoms. The van der Waals surface area contributed by atoms with Crippen molar-refractivity contribution in [1.29, 1.82) is 0 Å². The lowest BCUT2D eigenvalue weighted by molar-refractivity contribution is -0.138. The maximum Gasteiger partial charge on any atom is 0.326 e. The largest absolute Gasteiger partial charge is 0.480 e. The molecule has 0 radical (unpaired) electrons. The number of nitrogens with zero attached hydrogens (tertiary/aromatic N) is 1. The minimum atomic E-state index is -0.936. The Labute approximate surface area is 98.8 Å². The van der Waals surface area contributed by atoms with E-state index in [0.29, 0.717) is 6.42 Å². The molecule has 0 fully saturated rings. The van der Waals surface area contributed by atoms with Crippen molar-refractivity contribution in [3.8, 4) is 0 Å². The van der Waals surface area contributed by atoms with Crippen LogP contribution in [0.5, 0.6) is 0 Å². The smallest absolute Gasteiger partial charge is 0.326 e. The third kappa shape index (κ3) is 1.84. The van der Waals surface area contributed by atoms with Crippen molar-refractivity contribution < 1.29 is 14.7 Å². The summed E-state index contributed by atoms with van der Waals surface area (Å²) < 4.78 is 0. The van der Waals surface area contributed by atoms with Crippen LogP contribution < -0.4 is 10.6 Å². The number of fused-ring (bicyclic) bond motifs is 1. The van der Waals surface area contributed by atoms with E-state index in [2.05, 4.69) is 0 Å². The maximum absolute atomic E-state index is 11.3. The zero-order chi connectivity index (χ0) is 12.6. The van der Waals surface area contributed by atoms with Crippen molar-refractivity contribution in [3.05, 3.63) is 29.8 Å². The molecule has 0 aromatic heterocycles. The van der Waals surface area contributed by atoms with Crippen molar-refractivity contribution >= 4 is 17.6 Å². The molecule has 0 aliphatic carbocycles. The summed E-state index contributed by atoms with van der Waals surface area (Å²) in [5, 5.41) is 9.19. The summed E-state index contributed by atoms with van der Waals surface area (Å²) in [5.74, 6) is -1.46. The second-order valence-corrected chi connectivity index (χ2v) is 4.17. The molecule has 0 saturated heterocycles. The summed E-state index contributed by atoms with van der Waals surface area (Å²) in [7, 11) is 0. The van der Waals surface area contributed by atoms with Gasteiger partial charge in [0.05, 0.1) is 0 Å². The summed E-state index contributed by atoms with van der Waals surface area (Å²) >= 11 is 0. The number of hydrogen-bond acceptors (Lipinski definition) is 3. The van der Waals surface area contributed by atoms with E-state index in [9.17, 15) is 14.7 Å². The van der Waals surface area contributed by atoms with Gasteiger partial charge in [-0.1, -0.05) is 18.2 Å². The number of carbonyl (C=O) groups is 2. The monoisotopic (exact) mass is 234 g/mol. The lowest BCUT2D eigenvalue weighted by Crippen LogP contribution is -2.49. The Morgan fingerprint density at radius 1 is 1.47 bits per heavy atom. The number of carboxylic acids is 1. The van der Waals surface area contributed by atoms with Gasteiger partial charge in [-0.3, -0.25) is 4.79 Å². The van der Waals surface area contributed by atoms with Crippen molar-refractivity contribution in [2.24, 2.45) is 5.73 Å². The summed E-state index contributed by atoms with van der Waals surface area (Å²) in [6.45, 7) is 1.63. The highest BCUT2D eigenvalue weighted by Gasteiger charge is 2.38. The van der Waals surface area contributed by atoms with E-state index in [4.69, 9.17) is 5.73 Å². The summed E-state index contributed by atoms with van der Waals surface area (Å²) in [6.07, 6.45) is 0.406. The van der Waals surface area contributed by atoms with E-state index >= 15 is 0 Å². The van der Waals surface area contributed by atoms with Gasteiger partial charge in [0.1, 0.15) is 12.1 Å². The molecule has 1 aliphatic rings. The molecule has 1 heterocycles. The third-order valence-electron chi connectivity index (χ3n) is 3.13. The number of rotatable bonds is 3. The molecule has 0 bridgehead atoms. The SMILES string of the molecule is CC(C(N)=O)N1c2ccccc2CC1C(=O)O. The zero-order valence-corrected chi connectivity index (χ0v) is 9.46. The van der Waals surface area contributed by atoms with Crippen molar-refractivity contribution in [2.45, 2.75) is 25.4 Å². The molecular formula is C12H14N2O3. The summed E-state index contributed by atoms with van der Waals surface area (Å²) in [6, 6.07) is 6.03. The normalized spacial score (nSPS) is 19.8. The van der Waals surface area contributed by atoms with Crippen LogP contribution in [0.25, 0.3) is 0 Å². The molecule has 5 heteroatoms. The van der Waals surface area contributed by atoms with Crippen LogP contribution in [0, 0.1) is 0 Å². The molecular weight excluding hydrogens is 220 g/mol. The van der Waals surface area contributed by atoms with Gasteiger partial charge < -0.3 is 15.7 Å². The lowest BCUT2D eigenvalue weighted by Gasteiger charge is -2.29. The number of anilines is 1. The fourth-order valence-corrected chi connectivity index (χ4v) is 2.23. The van der Waals surface area contributed by atoms with Gasteiger partial charge in [-0.25, -0.2) is 4.79 Å². The Hall–Kier alpha value is -2.04. The van der Waals surface area contributed by atoms with Crippen LogP contribution in [0.4, 0.5) is 5.69 Å². The number of amides is 1. The minimum Gasteiger partial charge on any atom is -0.480 e. The highest BCUT2D eigenvalue weighted by Crippen LogP contribution is 2.33. The topological polar surface area (TPSA) is 83.6 Å². The van der Waals surface area contributed by atoms with Crippen LogP contribution in [-0.4, -0.2) is 29.1 Å². The van der Waals surface area contributed by atoms with E-state index in [0.717, 1.165) is 11.3 Å². The fourth-order valence-electron chi connectivity index (χ4n) is 2.23. The molecule has 0 spiro atoms. The number of hydrogen-bond donors (Lipinski definition) is 2. The van der Waals surface area contributed by atoms with Crippen molar-refractivity contribution in [1.82, 2.24) is 0 Å². The Kier molecular flexibility index (Phi) is 2.75. The van der Waals surface area contributed by atoms with Crippen LogP contribution >= 0.6 is 0 Å². The zero-order valence-electron chi connectivity index (χ0n) is 9.46. The fraction of sp³-hybridized carbons (Fsp3) is 0.333. The lowest BCUT2D eigenvalue weighted by atomic mass is 10.1. The van der Waals surface area contributed by atoms with E-state index in [1.54, 1.807) is 11.8 Å². The Balaban J connectivity index is 2.44. The summed E-state index contributed by atoms with van der Waals surface area (Å²) in [4.78, 5) is 24.0. The van der Waals surface area contributed by atoms with Crippen LogP contribution in [0.1, 0.15) is 12.5 Å². The van der Waals surface area contributed by atoms with Crippen LogP contribution in [0.2, 0.25) is 0 Å². The standard InChI is InChI=1S/C12H14N2O3/c1-7(11(13)15)14-9-5-3-2-4-8(9)6-10(14)12(16)17/h2-5,7,10H,6H2,1H3,(H2,13,15)(H,16,17). The van der Waals surface area contributed by atoms with Gasteiger partial charge in [-0.2, -0.15) is 0 Å². The predicted molar refractivity (Wildman–Crippen MR) is 62.7 cm³/mol. The van der Waals surface area contributed by atoms with E-state index in [1.165, 1.54) is 0 Å². The number of aliphatic carboxylic acids is 1. The molecule has 5 nitrogen and oxygen atoms in total. The molecule has 1 aromatic rings. The Morgan fingerprint density at radius 2 is 2.12 bits per heavy atom. The molecule has 1 aliphatic heterocycles. The number of benzene rings is 1. The molecule has 0 saturated carbocycles. The Bertz CT molecular complexity index is 473. The van der Waals surface area contributed by atoms with Gasteiger partial charge in [-0.15, -0.1) is 0 Å². The first-order chi connectivity index (χ1) is 8.02. The molecule has 2 atom stereocenters. The van der Waals surface area contributed by atoms with E-state index in [1.807, 2.05) is 24.3 Å². The molecule has 90 valence electrons. The van der Waals surface area contributed by atoms with E-state index < -0.39 is 24.0 Å². The number of para-hydroxylation sites is 1. The first kappa shape index (κ1) is 11.4. The van der Waals surface area contributed by atoms with Crippen LogP contribution in [-0.2, 0) is 16.0 Å². The Morgan fingerprint density at radius 3 is 2.71 bits per heavy atom. The average Bonchev–Trinajstić information content (AvgIpc) is 2.67. The predicted octanol–water partition coefficient (Wildman–Crippen LogP) is 0.376. The maximum atomic E-state index is 11.3. The molecule has 2 unspecified atom stereocenters. The average molecular weight is 234 g/mol. The number of carbonyl (C=O) groups excluding carboxylic acids is 1. The second-order valence-electron chi connectivity index (χ2n) is 4.17. The van der Waals surface area contributed by atoms with Gasteiger partial charge in [0.15, 0.2) is 0 Å². The first-order valence-electron chi connectivity index (χ1n) is 5.40. The molecule has 1 amide bonds. The van der Waals surface area contributed by atoms with Gasteiger partial charge in [0.2, 0.25) is 5.91 Å².